The Kier molecular flexibility index (Phi) is 6.52. The molecule has 1 N–H and O–H groups in total. The lowest BCUT2D eigenvalue weighted by Crippen LogP contribution is -2.36. The van der Waals surface area contributed by atoms with Crippen molar-refractivity contribution in [1.29, 1.82) is 0 Å². The molecule has 1 fully saturated rings. The van der Waals surface area contributed by atoms with Gasteiger partial charge in [-0.05, 0) is 48.4 Å². The van der Waals surface area contributed by atoms with E-state index in [0.29, 0.717) is 55.8 Å². The fourth-order valence-electron chi connectivity index (χ4n) is 3.62. The Hall–Kier alpha value is -1.81. The van der Waals surface area contributed by atoms with E-state index in [1.807, 2.05) is 6.07 Å². The van der Waals surface area contributed by atoms with Crippen LogP contribution in [-0.2, 0) is 16.4 Å². The standard InChI is InChI=1S/C20H23ClN2O5S2/c21-15-12-14(13-16-18(15)28-10-9-27-16)4-6-22-20(24)19-17(5-11-29-19)30(25,26)23-7-2-1-3-8-23/h5,11-13H,1-4,6-10H2,(H,22,24). The molecule has 1 amide bonds. The largest absolute Gasteiger partial charge is 0.486 e. The Morgan fingerprint density at radius 2 is 1.93 bits per heavy atom. The Balaban J connectivity index is 1.41. The fourth-order valence-corrected chi connectivity index (χ4v) is 6.74. The highest BCUT2D eigenvalue weighted by Crippen LogP contribution is 2.38. The molecule has 0 atom stereocenters. The normalized spacial score (nSPS) is 17.0. The summed E-state index contributed by atoms with van der Waals surface area (Å²) >= 11 is 7.39. The van der Waals surface area contributed by atoms with Gasteiger partial charge in [0, 0.05) is 19.6 Å². The summed E-state index contributed by atoms with van der Waals surface area (Å²) in [6, 6.07) is 5.16. The average Bonchev–Trinajstić information content (AvgIpc) is 3.25. The number of piperidine rings is 1. The van der Waals surface area contributed by atoms with Gasteiger partial charge in [0.05, 0.1) is 5.02 Å². The van der Waals surface area contributed by atoms with Crippen LogP contribution in [-0.4, -0.2) is 51.5 Å². The highest BCUT2D eigenvalue weighted by Gasteiger charge is 2.30. The predicted molar refractivity (Wildman–Crippen MR) is 115 cm³/mol. The maximum absolute atomic E-state index is 13.0. The summed E-state index contributed by atoms with van der Waals surface area (Å²) in [6.45, 7) is 2.28. The zero-order valence-electron chi connectivity index (χ0n) is 16.4. The molecule has 1 saturated heterocycles. The van der Waals surface area contributed by atoms with Gasteiger partial charge in [0.25, 0.3) is 5.91 Å². The zero-order valence-corrected chi connectivity index (χ0v) is 18.7. The molecule has 0 bridgehead atoms. The van der Waals surface area contributed by atoms with Gasteiger partial charge in [-0.25, -0.2) is 8.42 Å². The van der Waals surface area contributed by atoms with E-state index in [1.54, 1.807) is 11.4 Å². The Labute approximate surface area is 185 Å². The van der Waals surface area contributed by atoms with E-state index in [0.717, 1.165) is 36.2 Å². The van der Waals surface area contributed by atoms with Crippen LogP contribution in [0.5, 0.6) is 11.5 Å². The number of nitrogens with zero attached hydrogens (tertiary/aromatic N) is 1. The Morgan fingerprint density at radius 3 is 2.73 bits per heavy atom. The monoisotopic (exact) mass is 470 g/mol. The Morgan fingerprint density at radius 1 is 1.17 bits per heavy atom. The fraction of sp³-hybridized carbons (Fsp3) is 0.450. The van der Waals surface area contributed by atoms with Crippen LogP contribution in [0.25, 0.3) is 0 Å². The van der Waals surface area contributed by atoms with Crippen molar-refractivity contribution in [2.24, 2.45) is 0 Å². The lowest BCUT2D eigenvalue weighted by molar-refractivity contribution is 0.0955. The van der Waals surface area contributed by atoms with E-state index in [4.69, 9.17) is 21.1 Å². The first-order chi connectivity index (χ1) is 14.5. The average molecular weight is 471 g/mol. The molecule has 30 heavy (non-hydrogen) atoms. The number of fused-ring (bicyclic) bond motifs is 1. The van der Waals surface area contributed by atoms with Gasteiger partial charge >= 0.3 is 0 Å². The third-order valence-corrected chi connectivity index (χ3v) is 8.39. The van der Waals surface area contributed by atoms with Crippen molar-refractivity contribution in [2.75, 3.05) is 32.8 Å². The molecule has 0 spiro atoms. The number of rotatable bonds is 6. The first-order valence-corrected chi connectivity index (χ1v) is 12.6. The van der Waals surface area contributed by atoms with Gasteiger partial charge in [-0.3, -0.25) is 4.79 Å². The van der Waals surface area contributed by atoms with Crippen molar-refractivity contribution < 1.29 is 22.7 Å². The molecule has 2 aliphatic heterocycles. The molecule has 1 aromatic carbocycles. The van der Waals surface area contributed by atoms with Crippen LogP contribution in [0.2, 0.25) is 5.02 Å². The number of thiophene rings is 1. The summed E-state index contributed by atoms with van der Waals surface area (Å²) in [5, 5.41) is 4.94. The van der Waals surface area contributed by atoms with Gasteiger partial charge in [0.15, 0.2) is 11.5 Å². The van der Waals surface area contributed by atoms with Crippen molar-refractivity contribution >= 4 is 38.9 Å². The van der Waals surface area contributed by atoms with Crippen LogP contribution in [0, 0.1) is 0 Å². The van der Waals surface area contributed by atoms with Gasteiger partial charge in [-0.15, -0.1) is 11.3 Å². The maximum Gasteiger partial charge on any atom is 0.262 e. The van der Waals surface area contributed by atoms with Crippen LogP contribution < -0.4 is 14.8 Å². The minimum absolute atomic E-state index is 0.0919. The number of hydrogen-bond donors (Lipinski definition) is 1. The molecule has 0 aliphatic carbocycles. The van der Waals surface area contributed by atoms with Crippen molar-refractivity contribution in [1.82, 2.24) is 9.62 Å². The summed E-state index contributed by atoms with van der Waals surface area (Å²) in [6.07, 6.45) is 3.26. The van der Waals surface area contributed by atoms with Crippen molar-refractivity contribution in [3.63, 3.8) is 0 Å². The lowest BCUT2D eigenvalue weighted by Gasteiger charge is -2.25. The number of hydrogen-bond acceptors (Lipinski definition) is 6. The lowest BCUT2D eigenvalue weighted by atomic mass is 10.1. The number of ether oxygens (including phenoxy) is 2. The van der Waals surface area contributed by atoms with Crippen LogP contribution in [0.1, 0.15) is 34.5 Å². The molecule has 162 valence electrons. The highest BCUT2D eigenvalue weighted by molar-refractivity contribution is 7.89. The Bertz CT molecular complexity index is 1030. The molecule has 2 aliphatic rings. The van der Waals surface area contributed by atoms with E-state index in [1.165, 1.54) is 10.4 Å². The number of halogens is 1. The number of amides is 1. The zero-order chi connectivity index (χ0) is 21.1. The first kappa shape index (κ1) is 21.4. The molecular formula is C20H23ClN2O5S2. The molecule has 7 nitrogen and oxygen atoms in total. The van der Waals surface area contributed by atoms with E-state index in [-0.39, 0.29) is 15.7 Å². The third-order valence-electron chi connectivity index (χ3n) is 5.12. The SMILES string of the molecule is O=C(NCCc1cc(Cl)c2c(c1)OCCO2)c1sccc1S(=O)(=O)N1CCCCC1. The van der Waals surface area contributed by atoms with Gasteiger partial charge in [-0.1, -0.05) is 18.0 Å². The second-order valence-electron chi connectivity index (χ2n) is 7.19. The van der Waals surface area contributed by atoms with Crippen molar-refractivity contribution in [2.45, 2.75) is 30.6 Å². The van der Waals surface area contributed by atoms with Crippen LogP contribution in [0.3, 0.4) is 0 Å². The second kappa shape index (κ2) is 9.13. The molecule has 10 heteroatoms. The van der Waals surface area contributed by atoms with Crippen LogP contribution >= 0.6 is 22.9 Å². The molecule has 1 aromatic heterocycles. The van der Waals surface area contributed by atoms with Crippen LogP contribution in [0.15, 0.2) is 28.5 Å². The quantitative estimate of drug-likeness (QED) is 0.700. The summed E-state index contributed by atoms with van der Waals surface area (Å²) in [5.41, 5.74) is 0.900. The molecular weight excluding hydrogens is 448 g/mol. The van der Waals surface area contributed by atoms with Gasteiger partial charge in [0.2, 0.25) is 10.0 Å². The molecule has 0 unspecified atom stereocenters. The summed E-state index contributed by atoms with van der Waals surface area (Å²) in [7, 11) is -3.65. The highest BCUT2D eigenvalue weighted by atomic mass is 35.5. The molecule has 0 saturated carbocycles. The van der Waals surface area contributed by atoms with Gasteiger partial charge in [0.1, 0.15) is 23.0 Å². The summed E-state index contributed by atoms with van der Waals surface area (Å²) in [5.74, 6) is 0.759. The number of carbonyl (C=O) groups is 1. The minimum Gasteiger partial charge on any atom is -0.486 e. The van der Waals surface area contributed by atoms with Crippen molar-refractivity contribution in [3.05, 3.63) is 39.0 Å². The third kappa shape index (κ3) is 4.44. The number of benzene rings is 1. The number of carbonyl (C=O) groups excluding carboxylic acids is 1. The smallest absolute Gasteiger partial charge is 0.262 e. The van der Waals surface area contributed by atoms with Gasteiger partial charge < -0.3 is 14.8 Å². The topological polar surface area (TPSA) is 84.9 Å². The van der Waals surface area contributed by atoms with E-state index in [9.17, 15) is 13.2 Å². The van der Waals surface area contributed by atoms with E-state index in [2.05, 4.69) is 5.32 Å². The first-order valence-electron chi connectivity index (χ1n) is 9.90. The molecule has 4 rings (SSSR count). The van der Waals surface area contributed by atoms with Gasteiger partial charge in [-0.2, -0.15) is 4.31 Å². The predicted octanol–water partition coefficient (Wildman–Crippen LogP) is 3.32. The number of sulfonamides is 1. The summed E-state index contributed by atoms with van der Waals surface area (Å²) in [4.78, 5) is 13.0. The molecule has 3 heterocycles. The number of nitrogens with one attached hydrogen (secondary N) is 1. The van der Waals surface area contributed by atoms with Crippen LogP contribution in [0.4, 0.5) is 0 Å². The second-order valence-corrected chi connectivity index (χ2v) is 10.4. The summed E-state index contributed by atoms with van der Waals surface area (Å²) < 4.78 is 38.5. The molecule has 2 aromatic rings. The molecule has 0 radical (unpaired) electrons. The minimum atomic E-state index is -3.65. The maximum atomic E-state index is 13.0. The van der Waals surface area contributed by atoms with E-state index < -0.39 is 10.0 Å². The van der Waals surface area contributed by atoms with E-state index >= 15 is 0 Å². The van der Waals surface area contributed by atoms with Crippen molar-refractivity contribution in [3.8, 4) is 11.5 Å².